The zero-order chi connectivity index (χ0) is 17.6. The van der Waals surface area contributed by atoms with E-state index in [-0.39, 0.29) is 0 Å². The Morgan fingerprint density at radius 3 is 2.56 bits per heavy atom. The third-order valence-electron chi connectivity index (χ3n) is 4.38. The van der Waals surface area contributed by atoms with Gasteiger partial charge in [0.1, 0.15) is 16.5 Å². The van der Waals surface area contributed by atoms with Crippen molar-refractivity contribution < 1.29 is 0 Å². The van der Waals surface area contributed by atoms with E-state index in [9.17, 15) is 0 Å². The number of hydrogen-bond acceptors (Lipinski definition) is 5. The monoisotopic (exact) mass is 354 g/mol. The molecule has 132 valence electrons. The van der Waals surface area contributed by atoms with Crippen molar-refractivity contribution in [3.8, 4) is 0 Å². The highest BCUT2D eigenvalue weighted by molar-refractivity contribution is 7.18. The minimum absolute atomic E-state index is 0.762. The van der Waals surface area contributed by atoms with E-state index >= 15 is 0 Å². The quantitative estimate of drug-likeness (QED) is 0.653. The molecule has 0 radical (unpaired) electrons. The second-order valence-electron chi connectivity index (χ2n) is 6.18. The van der Waals surface area contributed by atoms with E-state index in [0.717, 1.165) is 54.5 Å². The molecular formula is C20H26N4S. The van der Waals surface area contributed by atoms with Gasteiger partial charge in [-0.05, 0) is 31.6 Å². The summed E-state index contributed by atoms with van der Waals surface area (Å²) in [4.78, 5) is 14.4. The second kappa shape index (κ2) is 8.41. The van der Waals surface area contributed by atoms with E-state index in [2.05, 4.69) is 61.3 Å². The topological polar surface area (TPSA) is 41.0 Å². The van der Waals surface area contributed by atoms with Crippen LogP contribution in [0, 0.1) is 6.92 Å². The van der Waals surface area contributed by atoms with Crippen molar-refractivity contribution in [2.45, 2.75) is 27.2 Å². The highest BCUT2D eigenvalue weighted by Crippen LogP contribution is 2.28. The Morgan fingerprint density at radius 2 is 1.84 bits per heavy atom. The van der Waals surface area contributed by atoms with Crippen LogP contribution >= 0.6 is 11.3 Å². The molecule has 0 aliphatic heterocycles. The largest absolute Gasteiger partial charge is 0.368 e. The van der Waals surface area contributed by atoms with Crippen LogP contribution in [0.25, 0.3) is 10.2 Å². The van der Waals surface area contributed by atoms with Gasteiger partial charge in [-0.1, -0.05) is 44.2 Å². The Labute approximate surface area is 153 Å². The fraction of sp³-hybridized carbons (Fsp3) is 0.400. The summed E-state index contributed by atoms with van der Waals surface area (Å²) in [5.74, 6) is 1.85. The predicted octanol–water partition coefficient (Wildman–Crippen LogP) is 4.34. The van der Waals surface area contributed by atoms with Crippen molar-refractivity contribution in [1.29, 1.82) is 0 Å². The normalized spacial score (nSPS) is 11.4. The van der Waals surface area contributed by atoms with Crippen LogP contribution in [0.4, 0.5) is 5.82 Å². The Bertz CT molecular complexity index is 809. The molecule has 0 fully saturated rings. The molecule has 0 spiro atoms. The van der Waals surface area contributed by atoms with Gasteiger partial charge in [-0.2, -0.15) is 0 Å². The minimum Gasteiger partial charge on any atom is -0.368 e. The Kier molecular flexibility index (Phi) is 6.00. The van der Waals surface area contributed by atoms with E-state index in [1.807, 2.05) is 6.07 Å². The zero-order valence-electron chi connectivity index (χ0n) is 15.2. The van der Waals surface area contributed by atoms with Crippen LogP contribution in [0.2, 0.25) is 0 Å². The summed E-state index contributed by atoms with van der Waals surface area (Å²) < 4.78 is 0. The maximum Gasteiger partial charge on any atom is 0.138 e. The Balaban J connectivity index is 1.82. The number of nitrogens with zero attached hydrogens (tertiary/aromatic N) is 3. The number of fused-ring (bicyclic) bond motifs is 1. The average Bonchev–Trinajstić information content (AvgIpc) is 3.00. The van der Waals surface area contributed by atoms with Gasteiger partial charge in [0.2, 0.25) is 0 Å². The van der Waals surface area contributed by atoms with Gasteiger partial charge >= 0.3 is 0 Å². The van der Waals surface area contributed by atoms with Crippen LogP contribution in [-0.2, 0) is 6.42 Å². The molecule has 0 aliphatic carbocycles. The van der Waals surface area contributed by atoms with E-state index < -0.39 is 0 Å². The number of aryl methyl sites for hydroxylation is 1. The third kappa shape index (κ3) is 4.55. The van der Waals surface area contributed by atoms with Crippen LogP contribution < -0.4 is 5.32 Å². The van der Waals surface area contributed by atoms with Crippen molar-refractivity contribution in [2.75, 3.05) is 31.5 Å². The van der Waals surface area contributed by atoms with Crippen molar-refractivity contribution in [3.63, 3.8) is 0 Å². The molecule has 1 aromatic carbocycles. The zero-order valence-corrected chi connectivity index (χ0v) is 16.1. The van der Waals surface area contributed by atoms with Gasteiger partial charge in [-0.15, -0.1) is 11.3 Å². The molecule has 3 aromatic rings. The second-order valence-corrected chi connectivity index (χ2v) is 7.42. The number of aromatic nitrogens is 2. The molecule has 2 heterocycles. The first-order valence-corrected chi connectivity index (χ1v) is 9.78. The Hall–Kier alpha value is -1.98. The number of hydrogen-bond donors (Lipinski definition) is 1. The van der Waals surface area contributed by atoms with Gasteiger partial charge in [-0.25, -0.2) is 9.97 Å². The fourth-order valence-corrected chi connectivity index (χ4v) is 3.85. The molecule has 3 rings (SSSR count). The van der Waals surface area contributed by atoms with Crippen LogP contribution in [0.1, 0.15) is 30.1 Å². The minimum atomic E-state index is 0.762. The standard InChI is InChI=1S/C20H26N4S/c1-4-24(5-2)12-11-21-19-17-13-15(3)25-20(17)23-18(22-19)14-16-9-7-6-8-10-16/h6-10,13H,4-5,11-12,14H2,1-3H3,(H,21,22,23). The van der Waals surface area contributed by atoms with E-state index in [0.29, 0.717) is 0 Å². The summed E-state index contributed by atoms with van der Waals surface area (Å²) in [6.45, 7) is 10.6. The van der Waals surface area contributed by atoms with E-state index in [4.69, 9.17) is 9.97 Å². The number of benzene rings is 1. The smallest absolute Gasteiger partial charge is 0.138 e. The SMILES string of the molecule is CCN(CC)CCNc1nc(Cc2ccccc2)nc2sc(C)cc12. The highest BCUT2D eigenvalue weighted by atomic mass is 32.1. The molecule has 1 N–H and O–H groups in total. The lowest BCUT2D eigenvalue weighted by molar-refractivity contribution is 0.316. The van der Waals surface area contributed by atoms with Crippen LogP contribution in [-0.4, -0.2) is 41.0 Å². The third-order valence-corrected chi connectivity index (χ3v) is 5.33. The molecule has 0 unspecified atom stereocenters. The fourth-order valence-electron chi connectivity index (χ4n) is 2.95. The molecule has 2 aromatic heterocycles. The lowest BCUT2D eigenvalue weighted by Crippen LogP contribution is -2.28. The van der Waals surface area contributed by atoms with Crippen LogP contribution in [0.3, 0.4) is 0 Å². The highest BCUT2D eigenvalue weighted by Gasteiger charge is 2.11. The summed E-state index contributed by atoms with van der Waals surface area (Å²) in [7, 11) is 0. The molecule has 0 saturated heterocycles. The molecule has 0 aliphatic rings. The molecule has 25 heavy (non-hydrogen) atoms. The molecule has 0 bridgehead atoms. The van der Waals surface area contributed by atoms with Crippen LogP contribution in [0.5, 0.6) is 0 Å². The van der Waals surface area contributed by atoms with Gasteiger partial charge in [-0.3, -0.25) is 0 Å². The molecule has 0 amide bonds. The van der Waals surface area contributed by atoms with Gasteiger partial charge in [0.15, 0.2) is 0 Å². The lowest BCUT2D eigenvalue weighted by atomic mass is 10.1. The summed E-state index contributed by atoms with van der Waals surface area (Å²) in [5.41, 5.74) is 1.24. The van der Waals surface area contributed by atoms with Gasteiger partial charge in [0, 0.05) is 24.4 Å². The van der Waals surface area contributed by atoms with Crippen molar-refractivity contribution in [2.24, 2.45) is 0 Å². The average molecular weight is 355 g/mol. The summed E-state index contributed by atoms with van der Waals surface area (Å²) in [6.07, 6.45) is 0.762. The molecular weight excluding hydrogens is 328 g/mol. The molecule has 5 heteroatoms. The van der Waals surface area contributed by atoms with Crippen molar-refractivity contribution in [1.82, 2.24) is 14.9 Å². The Morgan fingerprint density at radius 1 is 1.08 bits per heavy atom. The number of thiophene rings is 1. The summed E-state index contributed by atoms with van der Waals surface area (Å²) in [6, 6.07) is 12.6. The lowest BCUT2D eigenvalue weighted by Gasteiger charge is -2.18. The van der Waals surface area contributed by atoms with Gasteiger partial charge in [0.25, 0.3) is 0 Å². The maximum absolute atomic E-state index is 4.82. The van der Waals surface area contributed by atoms with Crippen LogP contribution in [0.15, 0.2) is 36.4 Å². The molecule has 0 saturated carbocycles. The number of rotatable bonds is 8. The molecule has 4 nitrogen and oxygen atoms in total. The van der Waals surface area contributed by atoms with Crippen molar-refractivity contribution >= 4 is 27.4 Å². The number of likely N-dealkylation sites (N-methyl/N-ethyl adjacent to an activating group) is 1. The van der Waals surface area contributed by atoms with E-state index in [1.165, 1.54) is 10.4 Å². The maximum atomic E-state index is 4.82. The first kappa shape index (κ1) is 17.8. The predicted molar refractivity (Wildman–Crippen MR) is 108 cm³/mol. The number of anilines is 1. The van der Waals surface area contributed by atoms with E-state index in [1.54, 1.807) is 11.3 Å². The van der Waals surface area contributed by atoms with Gasteiger partial charge in [0.05, 0.1) is 5.39 Å². The first-order valence-electron chi connectivity index (χ1n) is 8.96. The summed E-state index contributed by atoms with van der Waals surface area (Å²) >= 11 is 1.74. The molecule has 0 atom stereocenters. The van der Waals surface area contributed by atoms with Crippen molar-refractivity contribution in [3.05, 3.63) is 52.7 Å². The first-order chi connectivity index (χ1) is 12.2. The number of nitrogens with one attached hydrogen (secondary N) is 1. The van der Waals surface area contributed by atoms with Gasteiger partial charge < -0.3 is 10.2 Å². The summed E-state index contributed by atoms with van der Waals surface area (Å²) in [5, 5.41) is 4.68.